The quantitative estimate of drug-likeness (QED) is 0.889. The van der Waals surface area contributed by atoms with Gasteiger partial charge in [-0.1, -0.05) is 23.5 Å². The maximum atomic E-state index is 13.6. The lowest BCUT2D eigenvalue weighted by Crippen LogP contribution is -2.29. The van der Waals surface area contributed by atoms with Gasteiger partial charge in [0.05, 0.1) is 18.0 Å². The van der Waals surface area contributed by atoms with Gasteiger partial charge in [-0.2, -0.15) is 4.31 Å². The summed E-state index contributed by atoms with van der Waals surface area (Å²) in [6, 6.07) is 5.41. The number of hydrogen-bond donors (Lipinski definition) is 1. The second-order valence-corrected chi connectivity index (χ2v) is 8.36. The van der Waals surface area contributed by atoms with Crippen LogP contribution in [0, 0.1) is 5.82 Å². The lowest BCUT2D eigenvalue weighted by molar-refractivity contribution is 0.102. The number of hydrogen-bond acceptors (Lipinski definition) is 6. The molecule has 0 spiro atoms. The van der Waals surface area contributed by atoms with Crippen LogP contribution in [-0.4, -0.2) is 41.6 Å². The summed E-state index contributed by atoms with van der Waals surface area (Å²) >= 11 is 1.02. The highest BCUT2D eigenvalue weighted by atomic mass is 32.2. The molecule has 0 aliphatic carbocycles. The van der Waals surface area contributed by atoms with Crippen LogP contribution in [0.1, 0.15) is 33.7 Å². The van der Waals surface area contributed by atoms with Crippen molar-refractivity contribution in [3.05, 3.63) is 40.1 Å². The Hall–Kier alpha value is -1.91. The normalized spacial score (nSPS) is 18.7. The third-order valence-corrected chi connectivity index (χ3v) is 5.98. The summed E-state index contributed by atoms with van der Waals surface area (Å²) in [6.45, 7) is 0.430. The zero-order chi connectivity index (χ0) is 17.3. The van der Waals surface area contributed by atoms with Crippen LogP contribution in [0.5, 0.6) is 0 Å². The van der Waals surface area contributed by atoms with Crippen molar-refractivity contribution in [3.63, 3.8) is 0 Å². The molecule has 10 heteroatoms. The van der Waals surface area contributed by atoms with E-state index in [4.69, 9.17) is 0 Å². The van der Waals surface area contributed by atoms with E-state index in [9.17, 15) is 17.6 Å². The van der Waals surface area contributed by atoms with Crippen molar-refractivity contribution < 1.29 is 17.6 Å². The zero-order valence-electron chi connectivity index (χ0n) is 12.8. The molecule has 128 valence electrons. The summed E-state index contributed by atoms with van der Waals surface area (Å²) in [4.78, 5) is 12.2. The molecule has 1 atom stereocenters. The topological polar surface area (TPSA) is 92.3 Å². The molecule has 1 saturated heterocycles. The van der Waals surface area contributed by atoms with Crippen LogP contribution >= 0.6 is 11.3 Å². The molecule has 2 aromatic rings. The smallest absolute Gasteiger partial charge is 0.286 e. The second kappa shape index (κ2) is 6.54. The van der Waals surface area contributed by atoms with E-state index >= 15 is 0 Å². The molecule has 2 heterocycles. The molecule has 1 aliphatic rings. The van der Waals surface area contributed by atoms with E-state index < -0.39 is 27.8 Å². The third kappa shape index (κ3) is 3.45. The predicted octanol–water partition coefficient (Wildman–Crippen LogP) is 2.03. The van der Waals surface area contributed by atoms with Crippen LogP contribution in [0.25, 0.3) is 0 Å². The summed E-state index contributed by atoms with van der Waals surface area (Å²) < 4.78 is 38.5. The standard InChI is InChI=1S/C14H15FN4O3S2/c1-24(21,22)19-8-4-7-11(19)13-17-18-14(23-13)12(20)16-10-6-3-2-5-9(10)15/h2-3,5-6,11H,4,7-8H2,1H3,(H,16,20)/t11-/m1/s1. The highest BCUT2D eigenvalue weighted by molar-refractivity contribution is 7.88. The number of rotatable bonds is 4. The molecule has 0 radical (unpaired) electrons. The number of amides is 1. The van der Waals surface area contributed by atoms with Gasteiger partial charge in [0, 0.05) is 6.54 Å². The molecule has 1 aromatic carbocycles. The van der Waals surface area contributed by atoms with Crippen LogP contribution in [0.4, 0.5) is 10.1 Å². The molecule has 0 bridgehead atoms. The maximum absolute atomic E-state index is 13.6. The van der Waals surface area contributed by atoms with Crippen molar-refractivity contribution in [3.8, 4) is 0 Å². The zero-order valence-corrected chi connectivity index (χ0v) is 14.4. The highest BCUT2D eigenvalue weighted by Gasteiger charge is 2.35. The average molecular weight is 370 g/mol. The lowest BCUT2D eigenvalue weighted by atomic mass is 10.2. The number of anilines is 1. The fraction of sp³-hybridized carbons (Fsp3) is 0.357. The van der Waals surface area contributed by atoms with Crippen LogP contribution in [0.2, 0.25) is 0 Å². The van der Waals surface area contributed by atoms with Gasteiger partial charge < -0.3 is 5.32 Å². The number of carbonyl (C=O) groups excluding carboxylic acids is 1. The molecular weight excluding hydrogens is 355 g/mol. The van der Waals surface area contributed by atoms with Crippen molar-refractivity contribution in [1.82, 2.24) is 14.5 Å². The second-order valence-electron chi connectivity index (χ2n) is 5.41. The Bertz CT molecular complexity index is 868. The van der Waals surface area contributed by atoms with Gasteiger partial charge in [-0.25, -0.2) is 12.8 Å². The van der Waals surface area contributed by atoms with Crippen LogP contribution in [-0.2, 0) is 10.0 Å². The predicted molar refractivity (Wildman–Crippen MR) is 87.8 cm³/mol. The van der Waals surface area contributed by atoms with Gasteiger partial charge in [-0.15, -0.1) is 10.2 Å². The van der Waals surface area contributed by atoms with E-state index in [0.717, 1.165) is 24.0 Å². The summed E-state index contributed by atoms with van der Waals surface area (Å²) in [5.41, 5.74) is 0.0536. The van der Waals surface area contributed by atoms with E-state index in [-0.39, 0.29) is 10.7 Å². The van der Waals surface area contributed by atoms with E-state index in [2.05, 4.69) is 15.5 Å². The number of carbonyl (C=O) groups is 1. The largest absolute Gasteiger partial charge is 0.317 e. The molecule has 0 saturated carbocycles. The molecule has 0 unspecified atom stereocenters. The average Bonchev–Trinajstić information content (AvgIpc) is 3.17. The van der Waals surface area contributed by atoms with Crippen molar-refractivity contribution in [2.45, 2.75) is 18.9 Å². The van der Waals surface area contributed by atoms with E-state index in [1.54, 1.807) is 6.07 Å². The third-order valence-electron chi connectivity index (χ3n) is 3.67. The molecule has 24 heavy (non-hydrogen) atoms. The van der Waals surface area contributed by atoms with Crippen LogP contribution in [0.15, 0.2) is 24.3 Å². The van der Waals surface area contributed by atoms with Gasteiger partial charge in [-0.05, 0) is 25.0 Å². The van der Waals surface area contributed by atoms with Crippen LogP contribution < -0.4 is 5.32 Å². The number of nitrogens with one attached hydrogen (secondary N) is 1. The lowest BCUT2D eigenvalue weighted by Gasteiger charge is -2.19. The number of para-hydroxylation sites is 1. The molecular formula is C14H15FN4O3S2. The molecule has 3 rings (SSSR count). The minimum absolute atomic E-state index is 0.0536. The van der Waals surface area contributed by atoms with Crippen molar-refractivity contribution in [2.75, 3.05) is 18.1 Å². The van der Waals surface area contributed by atoms with Gasteiger partial charge in [0.25, 0.3) is 5.91 Å². The molecule has 1 aromatic heterocycles. The number of benzene rings is 1. The van der Waals surface area contributed by atoms with Gasteiger partial charge in [0.15, 0.2) is 0 Å². The van der Waals surface area contributed by atoms with Crippen molar-refractivity contribution in [2.24, 2.45) is 0 Å². The maximum Gasteiger partial charge on any atom is 0.286 e. The first-order valence-electron chi connectivity index (χ1n) is 7.22. The summed E-state index contributed by atoms with van der Waals surface area (Å²) in [7, 11) is -3.34. The Balaban J connectivity index is 1.78. The van der Waals surface area contributed by atoms with E-state index in [1.807, 2.05) is 0 Å². The first kappa shape index (κ1) is 16.9. The Labute approximate surface area is 142 Å². The van der Waals surface area contributed by atoms with E-state index in [0.29, 0.717) is 18.0 Å². The Morgan fingerprint density at radius 1 is 1.38 bits per heavy atom. The van der Waals surface area contributed by atoms with Gasteiger partial charge in [0.1, 0.15) is 10.8 Å². The molecule has 1 aliphatic heterocycles. The fourth-order valence-electron chi connectivity index (χ4n) is 2.58. The Kier molecular flexibility index (Phi) is 4.61. The number of nitrogens with zero attached hydrogens (tertiary/aromatic N) is 3. The minimum Gasteiger partial charge on any atom is -0.317 e. The van der Waals surface area contributed by atoms with Gasteiger partial charge in [-0.3, -0.25) is 4.79 Å². The monoisotopic (exact) mass is 370 g/mol. The van der Waals surface area contributed by atoms with Gasteiger partial charge in [0.2, 0.25) is 15.0 Å². The van der Waals surface area contributed by atoms with E-state index in [1.165, 1.54) is 22.5 Å². The highest BCUT2D eigenvalue weighted by Crippen LogP contribution is 2.35. The Morgan fingerprint density at radius 3 is 2.83 bits per heavy atom. The fourth-order valence-corrected chi connectivity index (χ4v) is 4.66. The first-order valence-corrected chi connectivity index (χ1v) is 9.89. The number of sulfonamides is 1. The number of aromatic nitrogens is 2. The minimum atomic E-state index is -3.34. The SMILES string of the molecule is CS(=O)(=O)N1CCC[C@@H]1c1nnc(C(=O)Nc2ccccc2F)s1. The summed E-state index contributed by atoms with van der Waals surface area (Å²) in [5, 5.41) is 10.7. The van der Waals surface area contributed by atoms with Crippen LogP contribution in [0.3, 0.4) is 0 Å². The molecule has 7 nitrogen and oxygen atoms in total. The first-order chi connectivity index (χ1) is 11.4. The number of halogens is 1. The van der Waals surface area contributed by atoms with Gasteiger partial charge >= 0.3 is 0 Å². The Morgan fingerprint density at radius 2 is 2.12 bits per heavy atom. The molecule has 1 fully saturated rings. The molecule has 1 N–H and O–H groups in total. The van der Waals surface area contributed by atoms with Crippen molar-refractivity contribution >= 4 is 33.0 Å². The molecule has 1 amide bonds. The summed E-state index contributed by atoms with van der Waals surface area (Å²) in [6.07, 6.45) is 2.52. The summed E-state index contributed by atoms with van der Waals surface area (Å²) in [5.74, 6) is -1.12. The van der Waals surface area contributed by atoms with Crippen molar-refractivity contribution in [1.29, 1.82) is 0 Å².